The predicted octanol–water partition coefficient (Wildman–Crippen LogP) is 5.25. The summed E-state index contributed by atoms with van der Waals surface area (Å²) in [5.41, 5.74) is 2.84. The fourth-order valence-corrected chi connectivity index (χ4v) is 6.99. The topological polar surface area (TPSA) is 52.6 Å². The number of hydrogen-bond donors (Lipinski definition) is 0. The Hall–Kier alpha value is -3.14. The van der Waals surface area contributed by atoms with Crippen molar-refractivity contribution in [3.8, 4) is 0 Å². The Morgan fingerprint density at radius 1 is 0.861 bits per heavy atom. The van der Waals surface area contributed by atoms with Gasteiger partial charge in [-0.2, -0.15) is 0 Å². The number of esters is 2. The minimum absolute atomic E-state index is 0.133. The molecule has 3 aromatic rings. The van der Waals surface area contributed by atoms with E-state index in [-0.39, 0.29) is 44.8 Å². The number of allylic oxidation sites excluding steroid dienone is 1. The third-order valence-electron chi connectivity index (χ3n) is 6.51. The Morgan fingerprint density at radius 2 is 1.39 bits per heavy atom. The van der Waals surface area contributed by atoms with Crippen LogP contribution in [0.5, 0.6) is 0 Å². The summed E-state index contributed by atoms with van der Waals surface area (Å²) in [5, 5.41) is 0. The second kappa shape index (κ2) is 12.2. The van der Waals surface area contributed by atoms with Gasteiger partial charge in [0, 0.05) is 0 Å². The molecular formula is C31H32O4Se. The molecule has 3 aromatic carbocycles. The van der Waals surface area contributed by atoms with Gasteiger partial charge in [-0.3, -0.25) is 0 Å². The van der Waals surface area contributed by atoms with Crippen LogP contribution in [0, 0.1) is 5.92 Å². The molecule has 0 bridgehead atoms. The molecule has 2 atom stereocenters. The first-order valence-electron chi connectivity index (χ1n) is 12.5. The van der Waals surface area contributed by atoms with Crippen LogP contribution in [0.3, 0.4) is 0 Å². The van der Waals surface area contributed by atoms with E-state index < -0.39 is 4.82 Å². The van der Waals surface area contributed by atoms with Gasteiger partial charge >= 0.3 is 220 Å². The molecule has 186 valence electrons. The van der Waals surface area contributed by atoms with E-state index in [1.807, 2.05) is 56.3 Å². The number of carbonyl (C=O) groups excluding carboxylic acids is 2. The molecule has 0 heterocycles. The van der Waals surface area contributed by atoms with Gasteiger partial charge in [-0.15, -0.1) is 0 Å². The molecule has 1 saturated carbocycles. The van der Waals surface area contributed by atoms with Crippen LogP contribution in [0.1, 0.15) is 37.8 Å². The quantitative estimate of drug-likeness (QED) is 0.187. The third-order valence-corrected chi connectivity index (χ3v) is 9.00. The van der Waals surface area contributed by atoms with E-state index in [1.165, 1.54) is 11.1 Å². The van der Waals surface area contributed by atoms with Crippen molar-refractivity contribution in [3.63, 3.8) is 0 Å². The van der Waals surface area contributed by atoms with Crippen LogP contribution >= 0.6 is 0 Å². The first-order valence-corrected chi connectivity index (χ1v) is 14.3. The molecule has 4 rings (SSSR count). The van der Waals surface area contributed by atoms with Crippen molar-refractivity contribution in [2.45, 2.75) is 36.9 Å². The van der Waals surface area contributed by atoms with Gasteiger partial charge in [0.2, 0.25) is 0 Å². The Morgan fingerprint density at radius 3 is 1.92 bits per heavy atom. The molecule has 1 aliphatic carbocycles. The third kappa shape index (κ3) is 5.97. The molecule has 0 radical (unpaired) electrons. The number of rotatable bonds is 11. The fraction of sp³-hybridized carbons (Fsp3) is 0.290. The average molecular weight is 548 g/mol. The van der Waals surface area contributed by atoms with E-state index in [2.05, 4.69) is 54.6 Å². The molecule has 0 N–H and O–H groups in total. The maximum absolute atomic E-state index is 13.1. The molecule has 36 heavy (non-hydrogen) atoms. The van der Waals surface area contributed by atoms with Crippen LogP contribution in [-0.2, 0) is 24.5 Å². The molecule has 1 aliphatic rings. The van der Waals surface area contributed by atoms with Gasteiger partial charge in [-0.25, -0.2) is 0 Å². The Kier molecular flexibility index (Phi) is 8.79. The number of ether oxygens (including phenoxy) is 2. The van der Waals surface area contributed by atoms with Crippen molar-refractivity contribution < 1.29 is 19.1 Å². The summed E-state index contributed by atoms with van der Waals surface area (Å²) in [6.45, 7) is 4.22. The van der Waals surface area contributed by atoms with Gasteiger partial charge in [0.15, 0.2) is 0 Å². The summed E-state index contributed by atoms with van der Waals surface area (Å²) < 4.78 is 12.0. The summed E-state index contributed by atoms with van der Waals surface area (Å²) in [4.78, 5) is 25.7. The van der Waals surface area contributed by atoms with Crippen LogP contribution in [-0.4, -0.2) is 40.1 Å². The SMILES string of the molecule is CCOC(=O)/C(=C/C1CC1(c1ccccc1)c1ccccc1)CC([Se]c1ccccc1)C(=O)OCC. The Balaban J connectivity index is 1.68. The molecule has 0 spiro atoms. The molecule has 2 unspecified atom stereocenters. The molecule has 0 amide bonds. The Bertz CT molecular complexity index is 1140. The summed E-state index contributed by atoms with van der Waals surface area (Å²) in [6.07, 6.45) is 3.27. The zero-order chi connectivity index (χ0) is 25.4. The van der Waals surface area contributed by atoms with Crippen molar-refractivity contribution in [2.24, 2.45) is 5.92 Å². The van der Waals surface area contributed by atoms with Crippen LogP contribution in [0.15, 0.2) is 103 Å². The van der Waals surface area contributed by atoms with Crippen molar-refractivity contribution in [1.29, 1.82) is 0 Å². The fourth-order valence-electron chi connectivity index (χ4n) is 4.75. The van der Waals surface area contributed by atoms with E-state index in [1.54, 1.807) is 0 Å². The van der Waals surface area contributed by atoms with E-state index in [4.69, 9.17) is 9.47 Å². The molecule has 5 heteroatoms. The van der Waals surface area contributed by atoms with Crippen molar-refractivity contribution >= 4 is 31.4 Å². The zero-order valence-electron chi connectivity index (χ0n) is 20.8. The number of hydrogen-bond acceptors (Lipinski definition) is 4. The van der Waals surface area contributed by atoms with Gasteiger partial charge in [-0.05, 0) is 0 Å². The minimum atomic E-state index is -0.405. The normalized spacial score (nSPS) is 17.2. The molecule has 1 fully saturated rings. The van der Waals surface area contributed by atoms with Gasteiger partial charge < -0.3 is 0 Å². The van der Waals surface area contributed by atoms with Crippen molar-refractivity contribution in [1.82, 2.24) is 0 Å². The molecule has 0 saturated heterocycles. The van der Waals surface area contributed by atoms with Crippen molar-refractivity contribution in [3.05, 3.63) is 114 Å². The van der Waals surface area contributed by atoms with Gasteiger partial charge in [0.25, 0.3) is 0 Å². The first-order chi connectivity index (χ1) is 17.6. The molecule has 0 aliphatic heterocycles. The average Bonchev–Trinajstić information content (AvgIpc) is 3.64. The van der Waals surface area contributed by atoms with E-state index in [0.717, 1.165) is 10.9 Å². The molecule has 0 aromatic heterocycles. The maximum atomic E-state index is 13.1. The van der Waals surface area contributed by atoms with Crippen molar-refractivity contribution in [2.75, 3.05) is 13.2 Å². The van der Waals surface area contributed by atoms with Gasteiger partial charge in [0.1, 0.15) is 0 Å². The van der Waals surface area contributed by atoms with Crippen LogP contribution in [0.25, 0.3) is 0 Å². The summed E-state index contributed by atoms with van der Waals surface area (Å²) in [6, 6.07) is 30.9. The van der Waals surface area contributed by atoms with E-state index in [9.17, 15) is 9.59 Å². The summed E-state index contributed by atoms with van der Waals surface area (Å²) >= 11 is -0.182. The Labute approximate surface area is 219 Å². The first kappa shape index (κ1) is 25.9. The second-order valence-electron chi connectivity index (χ2n) is 8.80. The number of carbonyl (C=O) groups is 2. The van der Waals surface area contributed by atoms with Crippen LogP contribution in [0.2, 0.25) is 4.82 Å². The van der Waals surface area contributed by atoms with Crippen LogP contribution < -0.4 is 4.46 Å². The zero-order valence-corrected chi connectivity index (χ0v) is 22.5. The standard InChI is InChI=1S/C31H32O4Se/c1-3-34-29(32)23(21-28(30(33)35-4-2)36-27-18-12-7-13-19-27)20-26-22-31(26,24-14-8-5-9-15-24)25-16-10-6-11-17-25/h5-20,26,28H,3-4,21-22H2,1-2H3/b23-20+. The second-order valence-corrected chi connectivity index (χ2v) is 11.5. The molecule has 4 nitrogen and oxygen atoms in total. The monoisotopic (exact) mass is 548 g/mol. The van der Waals surface area contributed by atoms with Gasteiger partial charge in [0.05, 0.1) is 0 Å². The number of benzene rings is 3. The molecular weight excluding hydrogens is 515 g/mol. The van der Waals surface area contributed by atoms with Gasteiger partial charge in [-0.1, -0.05) is 0 Å². The predicted molar refractivity (Wildman–Crippen MR) is 143 cm³/mol. The summed E-state index contributed by atoms with van der Waals surface area (Å²) in [5.74, 6) is -0.476. The van der Waals surface area contributed by atoms with E-state index >= 15 is 0 Å². The summed E-state index contributed by atoms with van der Waals surface area (Å²) in [7, 11) is 0. The van der Waals surface area contributed by atoms with Crippen LogP contribution in [0.4, 0.5) is 0 Å². The van der Waals surface area contributed by atoms with E-state index in [0.29, 0.717) is 18.6 Å².